The van der Waals surface area contributed by atoms with Crippen LogP contribution in [0.1, 0.15) is 11.3 Å². The van der Waals surface area contributed by atoms with Crippen molar-refractivity contribution in [2.24, 2.45) is 7.05 Å². The van der Waals surface area contributed by atoms with E-state index in [0.29, 0.717) is 18.3 Å². The normalized spacial score (nSPS) is 10.9. The summed E-state index contributed by atoms with van der Waals surface area (Å²) in [7, 11) is 1.81. The number of rotatable bonds is 6. The number of para-hydroxylation sites is 2. The molecule has 0 unspecified atom stereocenters. The van der Waals surface area contributed by atoms with Crippen LogP contribution in [0.15, 0.2) is 60.7 Å². The summed E-state index contributed by atoms with van der Waals surface area (Å²) in [4.78, 5) is 17.3. The molecule has 2 aromatic carbocycles. The average molecular weight is 374 g/mol. The van der Waals surface area contributed by atoms with Crippen molar-refractivity contribution in [2.75, 3.05) is 10.6 Å². The number of carbonyl (C=O) groups excluding carboxylic acids is 1. The predicted molar refractivity (Wildman–Crippen MR) is 110 cm³/mol. The van der Waals surface area contributed by atoms with Crippen molar-refractivity contribution < 1.29 is 4.79 Å². The van der Waals surface area contributed by atoms with Gasteiger partial charge in [0.1, 0.15) is 12.4 Å². The number of hydrogen-bond acceptors (Lipinski definition) is 4. The topological polar surface area (TPSA) is 76.8 Å². The van der Waals surface area contributed by atoms with Crippen LogP contribution in [0.5, 0.6) is 0 Å². The first kappa shape index (κ1) is 17.8. The molecule has 2 heterocycles. The quantitative estimate of drug-likeness (QED) is 0.543. The van der Waals surface area contributed by atoms with Crippen LogP contribution in [0.2, 0.25) is 0 Å². The van der Waals surface area contributed by atoms with Gasteiger partial charge in [-0.1, -0.05) is 42.5 Å². The van der Waals surface area contributed by atoms with Gasteiger partial charge in [-0.25, -0.2) is 4.98 Å². The molecule has 0 radical (unpaired) electrons. The molecule has 0 aliphatic rings. The predicted octanol–water partition coefficient (Wildman–Crippen LogP) is 3.33. The van der Waals surface area contributed by atoms with Gasteiger partial charge in [0.05, 0.1) is 16.7 Å². The van der Waals surface area contributed by atoms with Crippen molar-refractivity contribution in [1.82, 2.24) is 19.3 Å². The molecule has 0 saturated heterocycles. The van der Waals surface area contributed by atoms with Crippen molar-refractivity contribution in [1.29, 1.82) is 0 Å². The van der Waals surface area contributed by atoms with E-state index in [4.69, 9.17) is 0 Å². The molecule has 7 nitrogen and oxygen atoms in total. The highest BCUT2D eigenvalue weighted by Crippen LogP contribution is 2.20. The maximum Gasteiger partial charge on any atom is 0.245 e. The lowest BCUT2D eigenvalue weighted by molar-refractivity contribution is -0.116. The van der Waals surface area contributed by atoms with E-state index in [2.05, 4.69) is 32.8 Å². The molecule has 0 bridgehead atoms. The molecule has 1 amide bonds. The van der Waals surface area contributed by atoms with Crippen LogP contribution in [0, 0.1) is 6.92 Å². The Morgan fingerprint density at radius 2 is 1.82 bits per heavy atom. The molecule has 0 aliphatic heterocycles. The van der Waals surface area contributed by atoms with E-state index < -0.39 is 0 Å². The van der Waals surface area contributed by atoms with Gasteiger partial charge >= 0.3 is 0 Å². The van der Waals surface area contributed by atoms with Gasteiger partial charge in [-0.2, -0.15) is 5.10 Å². The van der Waals surface area contributed by atoms with E-state index >= 15 is 0 Å². The van der Waals surface area contributed by atoms with Gasteiger partial charge in [-0.05, 0) is 24.6 Å². The number of imidazole rings is 1. The molecule has 0 fully saturated rings. The molecular weight excluding hydrogens is 352 g/mol. The van der Waals surface area contributed by atoms with Crippen LogP contribution < -0.4 is 10.6 Å². The highest BCUT2D eigenvalue weighted by Gasteiger charge is 2.15. The summed E-state index contributed by atoms with van der Waals surface area (Å²) < 4.78 is 3.56. The number of nitrogens with zero attached hydrogens (tertiary/aromatic N) is 4. The SMILES string of the molecule is Cc1cc(NC(=O)Cn2c(NCc3ccccc3)nc3ccccc32)n(C)n1. The Morgan fingerprint density at radius 3 is 2.57 bits per heavy atom. The van der Waals surface area contributed by atoms with Gasteiger partial charge in [0, 0.05) is 19.7 Å². The van der Waals surface area contributed by atoms with Gasteiger partial charge in [0.25, 0.3) is 0 Å². The maximum absolute atomic E-state index is 12.7. The molecule has 4 rings (SSSR count). The zero-order valence-electron chi connectivity index (χ0n) is 15.9. The molecule has 2 aromatic heterocycles. The summed E-state index contributed by atoms with van der Waals surface area (Å²) in [6.45, 7) is 2.68. The number of aryl methyl sites for hydroxylation is 2. The Bertz CT molecular complexity index is 1110. The summed E-state index contributed by atoms with van der Waals surface area (Å²) in [6, 6.07) is 19.8. The van der Waals surface area contributed by atoms with Crippen LogP contribution in [-0.2, 0) is 24.9 Å². The Balaban J connectivity index is 1.57. The van der Waals surface area contributed by atoms with Crippen molar-refractivity contribution in [3.8, 4) is 0 Å². The molecule has 28 heavy (non-hydrogen) atoms. The second kappa shape index (κ2) is 7.56. The van der Waals surface area contributed by atoms with Crippen LogP contribution in [0.25, 0.3) is 11.0 Å². The first-order valence-electron chi connectivity index (χ1n) is 9.14. The lowest BCUT2D eigenvalue weighted by Gasteiger charge is -2.11. The van der Waals surface area contributed by atoms with E-state index in [0.717, 1.165) is 22.3 Å². The fourth-order valence-electron chi connectivity index (χ4n) is 3.20. The van der Waals surface area contributed by atoms with Gasteiger partial charge in [-0.3, -0.25) is 9.48 Å². The highest BCUT2D eigenvalue weighted by atomic mass is 16.2. The number of nitrogens with one attached hydrogen (secondary N) is 2. The van der Waals surface area contributed by atoms with Crippen LogP contribution >= 0.6 is 0 Å². The first-order valence-corrected chi connectivity index (χ1v) is 9.14. The van der Waals surface area contributed by atoms with E-state index in [1.54, 1.807) is 4.68 Å². The number of carbonyl (C=O) groups is 1. The summed E-state index contributed by atoms with van der Waals surface area (Å²) in [5.41, 5.74) is 3.77. The molecular formula is C21H22N6O. The minimum atomic E-state index is -0.131. The molecule has 0 aliphatic carbocycles. The van der Waals surface area contributed by atoms with Crippen molar-refractivity contribution in [3.05, 3.63) is 71.9 Å². The number of hydrogen-bond donors (Lipinski definition) is 2. The molecule has 0 atom stereocenters. The zero-order chi connectivity index (χ0) is 19.5. The second-order valence-electron chi connectivity index (χ2n) is 6.69. The van der Waals surface area contributed by atoms with E-state index in [1.165, 1.54) is 0 Å². The van der Waals surface area contributed by atoms with Gasteiger partial charge < -0.3 is 15.2 Å². The minimum Gasteiger partial charge on any atom is -0.352 e. The van der Waals surface area contributed by atoms with Crippen molar-refractivity contribution in [3.63, 3.8) is 0 Å². The number of fused-ring (bicyclic) bond motifs is 1. The standard InChI is InChI=1S/C21H22N6O/c1-15-12-19(26(2)25-15)24-20(28)14-27-18-11-7-6-10-17(18)23-21(27)22-13-16-8-4-3-5-9-16/h3-12H,13-14H2,1-2H3,(H,22,23)(H,24,28). The second-order valence-corrected chi connectivity index (χ2v) is 6.69. The van der Waals surface area contributed by atoms with E-state index in [1.807, 2.05) is 67.1 Å². The third-order valence-electron chi connectivity index (χ3n) is 4.52. The van der Waals surface area contributed by atoms with Crippen LogP contribution in [0.3, 0.4) is 0 Å². The van der Waals surface area contributed by atoms with Crippen molar-refractivity contribution >= 4 is 28.7 Å². The number of benzene rings is 2. The van der Waals surface area contributed by atoms with Crippen LogP contribution in [-0.4, -0.2) is 25.2 Å². The molecule has 0 spiro atoms. The molecule has 2 N–H and O–H groups in total. The Labute approximate surface area is 163 Å². The van der Waals surface area contributed by atoms with E-state index in [-0.39, 0.29) is 12.5 Å². The van der Waals surface area contributed by atoms with Crippen LogP contribution in [0.4, 0.5) is 11.8 Å². The molecule has 142 valence electrons. The Morgan fingerprint density at radius 1 is 1.07 bits per heavy atom. The Kier molecular flexibility index (Phi) is 4.80. The number of aromatic nitrogens is 4. The number of anilines is 2. The molecule has 0 saturated carbocycles. The van der Waals surface area contributed by atoms with Gasteiger partial charge in [0.15, 0.2) is 0 Å². The third-order valence-corrected chi connectivity index (χ3v) is 4.52. The monoisotopic (exact) mass is 374 g/mol. The van der Waals surface area contributed by atoms with E-state index in [9.17, 15) is 4.79 Å². The molecule has 4 aromatic rings. The van der Waals surface area contributed by atoms with Gasteiger partial charge in [-0.15, -0.1) is 0 Å². The summed E-state index contributed by atoms with van der Waals surface area (Å²) in [6.07, 6.45) is 0. The lowest BCUT2D eigenvalue weighted by atomic mass is 10.2. The number of amides is 1. The van der Waals surface area contributed by atoms with Gasteiger partial charge in [0.2, 0.25) is 11.9 Å². The Hall–Kier alpha value is -3.61. The third kappa shape index (κ3) is 3.73. The largest absolute Gasteiger partial charge is 0.352 e. The highest BCUT2D eigenvalue weighted by molar-refractivity contribution is 5.91. The maximum atomic E-state index is 12.7. The smallest absolute Gasteiger partial charge is 0.245 e. The summed E-state index contributed by atoms with van der Waals surface area (Å²) in [5, 5.41) is 10.5. The average Bonchev–Trinajstić information content (AvgIpc) is 3.20. The summed E-state index contributed by atoms with van der Waals surface area (Å²) >= 11 is 0. The lowest BCUT2D eigenvalue weighted by Crippen LogP contribution is -2.21. The fraction of sp³-hybridized carbons (Fsp3) is 0.190. The van der Waals surface area contributed by atoms with Crippen molar-refractivity contribution in [2.45, 2.75) is 20.0 Å². The first-order chi connectivity index (χ1) is 13.6. The minimum absolute atomic E-state index is 0.131. The summed E-state index contributed by atoms with van der Waals surface area (Å²) in [5.74, 6) is 1.21. The zero-order valence-corrected chi connectivity index (χ0v) is 15.9. The fourth-order valence-corrected chi connectivity index (χ4v) is 3.20. The molecule has 7 heteroatoms.